The summed E-state index contributed by atoms with van der Waals surface area (Å²) in [5.41, 5.74) is 7.98. The molecule has 2 fully saturated rings. The molecule has 0 radical (unpaired) electrons. The normalized spacial score (nSPS) is 20.7. The van der Waals surface area contributed by atoms with Crippen molar-refractivity contribution in [1.29, 1.82) is 0 Å². The fraction of sp³-hybridized carbons (Fsp3) is 0.636. The molecule has 0 aromatic heterocycles. The smallest absolute Gasteiger partial charge is 0.221 e. The summed E-state index contributed by atoms with van der Waals surface area (Å²) >= 11 is 0. The highest BCUT2D eigenvalue weighted by Crippen LogP contribution is 2.18. The van der Waals surface area contributed by atoms with Crippen LogP contribution < -0.4 is 16.4 Å². The molecule has 4 N–H and O–H groups in total. The number of piperidine rings is 1. The van der Waals surface area contributed by atoms with E-state index in [4.69, 9.17) is 10.5 Å². The summed E-state index contributed by atoms with van der Waals surface area (Å²) < 4.78 is 5.39. The van der Waals surface area contributed by atoms with Crippen LogP contribution in [0.3, 0.4) is 0 Å². The van der Waals surface area contributed by atoms with E-state index in [0.717, 1.165) is 84.4 Å². The summed E-state index contributed by atoms with van der Waals surface area (Å²) in [7, 11) is 1.80. The van der Waals surface area contributed by atoms with E-state index in [0.29, 0.717) is 0 Å². The van der Waals surface area contributed by atoms with Gasteiger partial charge in [0, 0.05) is 52.9 Å². The molecule has 2 aliphatic rings. The van der Waals surface area contributed by atoms with Gasteiger partial charge in [-0.05, 0) is 30.5 Å². The largest absolute Gasteiger partial charge is 0.379 e. The number of primary amides is 1. The van der Waals surface area contributed by atoms with Crippen molar-refractivity contribution in [3.05, 3.63) is 35.4 Å². The van der Waals surface area contributed by atoms with Gasteiger partial charge in [0.05, 0.1) is 19.1 Å². The highest BCUT2D eigenvalue weighted by atomic mass is 127. The Morgan fingerprint density at radius 3 is 2.71 bits per heavy atom. The van der Waals surface area contributed by atoms with E-state index in [1.165, 1.54) is 11.1 Å². The molecule has 0 aliphatic carbocycles. The van der Waals surface area contributed by atoms with Crippen LogP contribution in [-0.2, 0) is 22.6 Å². The average Bonchev–Trinajstić information content (AvgIpc) is 2.77. The number of guanidine groups is 1. The van der Waals surface area contributed by atoms with E-state index in [2.05, 4.69) is 49.7 Å². The zero-order valence-corrected chi connectivity index (χ0v) is 20.8. The molecular weight excluding hydrogens is 507 g/mol. The van der Waals surface area contributed by atoms with Crippen LogP contribution in [0.2, 0.25) is 0 Å². The van der Waals surface area contributed by atoms with E-state index >= 15 is 0 Å². The van der Waals surface area contributed by atoms with Crippen LogP contribution in [-0.4, -0.2) is 81.2 Å². The first-order valence-electron chi connectivity index (χ1n) is 11.0. The number of hydrogen-bond acceptors (Lipinski definition) is 5. The minimum atomic E-state index is -0.176. The number of aliphatic imine (C=N–C) groups is 1. The second-order valence-electron chi connectivity index (χ2n) is 8.10. The van der Waals surface area contributed by atoms with Crippen LogP contribution in [0.5, 0.6) is 0 Å². The maximum Gasteiger partial charge on any atom is 0.221 e. The van der Waals surface area contributed by atoms with Crippen molar-refractivity contribution >= 4 is 35.8 Å². The molecule has 0 bridgehead atoms. The minimum Gasteiger partial charge on any atom is -0.379 e. The van der Waals surface area contributed by atoms with Gasteiger partial charge in [0.15, 0.2) is 5.96 Å². The Kier molecular flexibility index (Phi) is 11.6. The van der Waals surface area contributed by atoms with Crippen molar-refractivity contribution in [3.63, 3.8) is 0 Å². The fourth-order valence-electron chi connectivity index (χ4n) is 4.09. The van der Waals surface area contributed by atoms with Crippen molar-refractivity contribution in [2.45, 2.75) is 25.9 Å². The number of ether oxygens (including phenoxy) is 1. The van der Waals surface area contributed by atoms with Crippen molar-refractivity contribution < 1.29 is 9.53 Å². The van der Waals surface area contributed by atoms with Crippen molar-refractivity contribution in [2.75, 3.05) is 59.5 Å². The van der Waals surface area contributed by atoms with Crippen LogP contribution in [0.1, 0.15) is 24.0 Å². The van der Waals surface area contributed by atoms with E-state index < -0.39 is 0 Å². The van der Waals surface area contributed by atoms with Gasteiger partial charge in [0.25, 0.3) is 0 Å². The van der Waals surface area contributed by atoms with E-state index in [-0.39, 0.29) is 35.8 Å². The standard InChI is InChI=1S/C22H36N6O2.HI/c1-24-22(25-7-9-27-10-12-30-13-11-27)26-15-18-4-2-5-19(14-18)16-28-8-3-6-20(17-28)21(23)29;/h2,4-5,14,20H,3,6-13,15-17H2,1H3,(H2,23,29)(H2,24,25,26);1H. The topological polar surface area (TPSA) is 95.2 Å². The number of halogens is 1. The zero-order valence-electron chi connectivity index (χ0n) is 18.5. The number of nitrogens with one attached hydrogen (secondary N) is 2. The van der Waals surface area contributed by atoms with Gasteiger partial charge >= 0.3 is 0 Å². The molecule has 2 saturated heterocycles. The van der Waals surface area contributed by atoms with E-state index in [9.17, 15) is 4.79 Å². The van der Waals surface area contributed by atoms with Gasteiger partial charge in [-0.25, -0.2) is 0 Å². The Bertz CT molecular complexity index is 711. The lowest BCUT2D eigenvalue weighted by molar-refractivity contribution is -0.123. The van der Waals surface area contributed by atoms with E-state index in [1.807, 2.05) is 0 Å². The number of nitrogens with two attached hydrogens (primary N) is 1. The van der Waals surface area contributed by atoms with Crippen LogP contribution in [0.4, 0.5) is 0 Å². The summed E-state index contributed by atoms with van der Waals surface area (Å²) in [6.45, 7) is 8.84. The Labute approximate surface area is 203 Å². The number of carbonyl (C=O) groups is 1. The second kappa shape index (κ2) is 13.9. The average molecular weight is 544 g/mol. The molecule has 3 rings (SSSR count). The number of nitrogens with zero attached hydrogens (tertiary/aromatic N) is 3. The third kappa shape index (κ3) is 8.91. The van der Waals surface area contributed by atoms with Crippen LogP contribution >= 0.6 is 24.0 Å². The lowest BCUT2D eigenvalue weighted by atomic mass is 9.97. The summed E-state index contributed by atoms with van der Waals surface area (Å²) in [6.07, 6.45) is 1.94. The quantitative estimate of drug-likeness (QED) is 0.257. The van der Waals surface area contributed by atoms with Crippen LogP contribution in [0.15, 0.2) is 29.3 Å². The molecule has 1 aromatic rings. The number of morpholine rings is 1. The van der Waals surface area contributed by atoms with Gasteiger partial charge in [-0.2, -0.15) is 0 Å². The number of benzene rings is 1. The minimum absolute atomic E-state index is 0. The molecule has 2 heterocycles. The van der Waals surface area contributed by atoms with Crippen molar-refractivity contribution in [1.82, 2.24) is 20.4 Å². The first-order chi connectivity index (χ1) is 14.6. The Hall–Kier alpha value is -1.43. The fourth-order valence-corrected chi connectivity index (χ4v) is 4.09. The summed E-state index contributed by atoms with van der Waals surface area (Å²) in [5, 5.41) is 6.78. The van der Waals surface area contributed by atoms with E-state index in [1.54, 1.807) is 7.05 Å². The molecule has 2 aliphatic heterocycles. The highest BCUT2D eigenvalue weighted by Gasteiger charge is 2.23. The Balaban J connectivity index is 0.00000341. The van der Waals surface area contributed by atoms with Gasteiger partial charge in [-0.3, -0.25) is 19.6 Å². The van der Waals surface area contributed by atoms with Crippen molar-refractivity contribution in [2.24, 2.45) is 16.6 Å². The highest BCUT2D eigenvalue weighted by molar-refractivity contribution is 14.0. The van der Waals surface area contributed by atoms with Gasteiger partial charge in [0.1, 0.15) is 0 Å². The lowest BCUT2D eigenvalue weighted by Gasteiger charge is -2.31. The van der Waals surface area contributed by atoms with Gasteiger partial charge < -0.3 is 21.1 Å². The molecule has 31 heavy (non-hydrogen) atoms. The first kappa shape index (κ1) is 25.8. The zero-order chi connectivity index (χ0) is 21.2. The molecule has 0 spiro atoms. The maximum absolute atomic E-state index is 11.5. The third-order valence-electron chi connectivity index (χ3n) is 5.81. The monoisotopic (exact) mass is 544 g/mol. The summed E-state index contributed by atoms with van der Waals surface area (Å²) in [5.74, 6) is 0.620. The van der Waals surface area contributed by atoms with Gasteiger partial charge in [-0.1, -0.05) is 24.3 Å². The Morgan fingerprint density at radius 1 is 1.19 bits per heavy atom. The molecule has 1 amide bonds. The molecule has 1 aromatic carbocycles. The van der Waals surface area contributed by atoms with Crippen LogP contribution in [0.25, 0.3) is 0 Å². The van der Waals surface area contributed by atoms with Crippen LogP contribution in [0, 0.1) is 5.92 Å². The predicted molar refractivity (Wildman–Crippen MR) is 135 cm³/mol. The summed E-state index contributed by atoms with van der Waals surface area (Å²) in [4.78, 5) is 20.6. The number of rotatable bonds is 8. The SMILES string of the molecule is CN=C(NCCN1CCOCC1)NCc1cccc(CN2CCCC(C(N)=O)C2)c1.I. The Morgan fingerprint density at radius 2 is 1.97 bits per heavy atom. The second-order valence-corrected chi connectivity index (χ2v) is 8.10. The number of carbonyl (C=O) groups excluding carboxylic acids is 1. The van der Waals surface area contributed by atoms with Gasteiger partial charge in [0.2, 0.25) is 5.91 Å². The molecule has 8 nitrogen and oxygen atoms in total. The summed E-state index contributed by atoms with van der Waals surface area (Å²) in [6, 6.07) is 8.59. The molecule has 9 heteroatoms. The predicted octanol–water partition coefficient (Wildman–Crippen LogP) is 0.999. The molecule has 1 atom stereocenters. The number of likely N-dealkylation sites (tertiary alicyclic amines) is 1. The van der Waals surface area contributed by atoms with Crippen molar-refractivity contribution in [3.8, 4) is 0 Å². The lowest BCUT2D eigenvalue weighted by Crippen LogP contribution is -2.44. The van der Waals surface area contributed by atoms with Gasteiger partial charge in [-0.15, -0.1) is 24.0 Å². The molecular formula is C22H37IN6O2. The number of amides is 1. The number of hydrogen-bond donors (Lipinski definition) is 3. The molecule has 174 valence electrons. The maximum atomic E-state index is 11.5. The first-order valence-corrected chi connectivity index (χ1v) is 11.0. The molecule has 1 unspecified atom stereocenters. The third-order valence-corrected chi connectivity index (χ3v) is 5.81. The molecule has 0 saturated carbocycles.